The summed E-state index contributed by atoms with van der Waals surface area (Å²) in [7, 11) is 0. The molecule has 2 rings (SSSR count). The fraction of sp³-hybridized carbons (Fsp3) is 0.545. The second-order valence-electron chi connectivity index (χ2n) is 3.56. The van der Waals surface area contributed by atoms with Crippen LogP contribution in [0.1, 0.15) is 37.6 Å². The van der Waals surface area contributed by atoms with Crippen LogP contribution >= 0.6 is 0 Å². The Labute approximate surface area is 79.3 Å². The van der Waals surface area contributed by atoms with Crippen molar-refractivity contribution in [2.45, 2.75) is 39.2 Å². The summed E-state index contributed by atoms with van der Waals surface area (Å²) >= 11 is 0. The molecule has 1 aliphatic carbocycles. The van der Waals surface area contributed by atoms with Gasteiger partial charge in [0.15, 0.2) is 0 Å². The van der Waals surface area contributed by atoms with Crippen LogP contribution in [0, 0.1) is 0 Å². The Hall–Kier alpha value is -1.05. The third-order valence-corrected chi connectivity index (χ3v) is 2.53. The Morgan fingerprint density at radius 1 is 1.54 bits per heavy atom. The molecule has 0 spiro atoms. The number of allylic oxidation sites excluding steroid dienone is 1. The second kappa shape index (κ2) is 3.77. The highest BCUT2D eigenvalue weighted by atomic mass is 15.1. The van der Waals surface area contributed by atoms with Crippen LogP contribution in [0.3, 0.4) is 0 Å². The molecule has 0 radical (unpaired) electrons. The fourth-order valence-electron chi connectivity index (χ4n) is 1.74. The first-order valence-corrected chi connectivity index (χ1v) is 5.12. The van der Waals surface area contributed by atoms with Gasteiger partial charge in [-0.05, 0) is 25.3 Å². The highest BCUT2D eigenvalue weighted by Gasteiger charge is 2.09. The van der Waals surface area contributed by atoms with Gasteiger partial charge in [0, 0.05) is 6.54 Å². The van der Waals surface area contributed by atoms with Crippen LogP contribution in [0.15, 0.2) is 12.4 Å². The lowest BCUT2D eigenvalue weighted by atomic mass is 10.1. The lowest BCUT2D eigenvalue weighted by molar-refractivity contribution is 0.626. The number of unbranched alkanes of at least 4 members (excludes halogenated alkanes) is 1. The van der Waals surface area contributed by atoms with Crippen molar-refractivity contribution in [1.29, 1.82) is 0 Å². The zero-order valence-electron chi connectivity index (χ0n) is 8.16. The van der Waals surface area contributed by atoms with Crippen molar-refractivity contribution < 1.29 is 0 Å². The predicted octanol–water partition coefficient (Wildman–Crippen LogP) is 2.64. The van der Waals surface area contributed by atoms with Gasteiger partial charge in [-0.2, -0.15) is 0 Å². The van der Waals surface area contributed by atoms with E-state index in [9.17, 15) is 0 Å². The van der Waals surface area contributed by atoms with Gasteiger partial charge >= 0.3 is 0 Å². The van der Waals surface area contributed by atoms with Crippen LogP contribution in [0.25, 0.3) is 6.08 Å². The Balaban J connectivity index is 2.18. The zero-order chi connectivity index (χ0) is 9.10. The molecular weight excluding hydrogens is 160 g/mol. The number of nitrogens with zero attached hydrogens (tertiary/aromatic N) is 2. The highest BCUT2D eigenvalue weighted by Crippen LogP contribution is 2.17. The molecule has 0 saturated carbocycles. The number of imidazole rings is 1. The van der Waals surface area contributed by atoms with Gasteiger partial charge in [-0.3, -0.25) is 0 Å². The summed E-state index contributed by atoms with van der Waals surface area (Å²) in [5.41, 5.74) is 2.61. The maximum Gasteiger partial charge on any atom is 0.0954 e. The first-order chi connectivity index (χ1) is 6.42. The van der Waals surface area contributed by atoms with E-state index in [4.69, 9.17) is 0 Å². The molecule has 1 aliphatic rings. The highest BCUT2D eigenvalue weighted by molar-refractivity contribution is 5.50. The maximum atomic E-state index is 4.42. The number of aryl methyl sites for hydroxylation is 2. The molecule has 0 aliphatic heterocycles. The molecule has 13 heavy (non-hydrogen) atoms. The van der Waals surface area contributed by atoms with Crippen LogP contribution in [0.5, 0.6) is 0 Å². The largest absolute Gasteiger partial charge is 0.331 e. The number of rotatable bonds is 3. The van der Waals surface area contributed by atoms with E-state index in [-0.39, 0.29) is 0 Å². The molecule has 1 aromatic rings. The lowest BCUT2D eigenvalue weighted by Gasteiger charge is -2.08. The molecule has 0 fully saturated rings. The SMILES string of the molecule is CCCCn1cnc2c1C=CCC2. The molecule has 0 saturated heterocycles. The summed E-state index contributed by atoms with van der Waals surface area (Å²) in [6, 6.07) is 0. The summed E-state index contributed by atoms with van der Waals surface area (Å²) in [6.07, 6.45) is 11.2. The van der Waals surface area contributed by atoms with Crippen molar-refractivity contribution in [2.75, 3.05) is 0 Å². The third kappa shape index (κ3) is 1.67. The Morgan fingerprint density at radius 2 is 2.46 bits per heavy atom. The van der Waals surface area contributed by atoms with E-state index in [0.29, 0.717) is 0 Å². The van der Waals surface area contributed by atoms with Crippen molar-refractivity contribution >= 4 is 6.08 Å². The van der Waals surface area contributed by atoms with E-state index in [1.165, 1.54) is 24.2 Å². The molecule has 0 atom stereocenters. The lowest BCUT2D eigenvalue weighted by Crippen LogP contribution is -2.01. The molecule has 0 aromatic carbocycles. The van der Waals surface area contributed by atoms with Crippen molar-refractivity contribution in [3.05, 3.63) is 23.8 Å². The molecule has 0 bridgehead atoms. The van der Waals surface area contributed by atoms with E-state index >= 15 is 0 Å². The van der Waals surface area contributed by atoms with Gasteiger partial charge in [-0.1, -0.05) is 19.4 Å². The standard InChI is InChI=1S/C11H16N2/c1-2-3-8-13-9-12-10-6-4-5-7-11(10)13/h5,7,9H,2-4,6,8H2,1H3. The smallest absolute Gasteiger partial charge is 0.0954 e. The molecule has 1 heterocycles. The maximum absolute atomic E-state index is 4.42. The summed E-state index contributed by atoms with van der Waals surface area (Å²) in [5, 5.41) is 0. The topological polar surface area (TPSA) is 17.8 Å². The van der Waals surface area contributed by atoms with Gasteiger partial charge in [-0.25, -0.2) is 4.98 Å². The summed E-state index contributed by atoms with van der Waals surface area (Å²) in [6.45, 7) is 3.34. The van der Waals surface area contributed by atoms with Gasteiger partial charge in [0.25, 0.3) is 0 Å². The van der Waals surface area contributed by atoms with E-state index in [1.807, 2.05) is 6.33 Å². The number of hydrogen-bond acceptors (Lipinski definition) is 1. The second-order valence-corrected chi connectivity index (χ2v) is 3.56. The molecule has 70 valence electrons. The minimum Gasteiger partial charge on any atom is -0.331 e. The Morgan fingerprint density at radius 3 is 3.31 bits per heavy atom. The van der Waals surface area contributed by atoms with E-state index < -0.39 is 0 Å². The van der Waals surface area contributed by atoms with E-state index in [1.54, 1.807) is 0 Å². The van der Waals surface area contributed by atoms with Crippen LogP contribution in [0.2, 0.25) is 0 Å². The number of fused-ring (bicyclic) bond motifs is 1. The van der Waals surface area contributed by atoms with Gasteiger partial charge < -0.3 is 4.57 Å². The predicted molar refractivity (Wildman–Crippen MR) is 54.5 cm³/mol. The van der Waals surface area contributed by atoms with Crippen LogP contribution in [-0.4, -0.2) is 9.55 Å². The van der Waals surface area contributed by atoms with E-state index in [0.717, 1.165) is 19.4 Å². The molecule has 0 amide bonds. The van der Waals surface area contributed by atoms with Gasteiger partial charge in [0.2, 0.25) is 0 Å². The summed E-state index contributed by atoms with van der Waals surface area (Å²) in [5.74, 6) is 0. The first kappa shape index (κ1) is 8.54. The Bertz CT molecular complexity index is 310. The van der Waals surface area contributed by atoms with Gasteiger partial charge in [0.05, 0.1) is 17.7 Å². The molecule has 1 aromatic heterocycles. The molecular formula is C11H16N2. The average Bonchev–Trinajstić information content (AvgIpc) is 2.58. The van der Waals surface area contributed by atoms with Crippen molar-refractivity contribution in [2.24, 2.45) is 0 Å². The van der Waals surface area contributed by atoms with Gasteiger partial charge in [-0.15, -0.1) is 0 Å². The number of aromatic nitrogens is 2. The minimum absolute atomic E-state index is 1.11. The van der Waals surface area contributed by atoms with Crippen molar-refractivity contribution in [3.63, 3.8) is 0 Å². The quantitative estimate of drug-likeness (QED) is 0.692. The van der Waals surface area contributed by atoms with Crippen molar-refractivity contribution in [3.8, 4) is 0 Å². The fourth-order valence-corrected chi connectivity index (χ4v) is 1.74. The van der Waals surface area contributed by atoms with Crippen LogP contribution in [0.4, 0.5) is 0 Å². The third-order valence-electron chi connectivity index (χ3n) is 2.53. The zero-order valence-corrected chi connectivity index (χ0v) is 8.16. The first-order valence-electron chi connectivity index (χ1n) is 5.12. The average molecular weight is 176 g/mol. The number of hydrogen-bond donors (Lipinski definition) is 0. The van der Waals surface area contributed by atoms with E-state index in [2.05, 4.69) is 28.6 Å². The minimum atomic E-state index is 1.11. The summed E-state index contributed by atoms with van der Waals surface area (Å²) < 4.78 is 2.27. The molecule has 2 heteroatoms. The normalized spacial score (nSPS) is 14.5. The summed E-state index contributed by atoms with van der Waals surface area (Å²) in [4.78, 5) is 4.42. The molecule has 2 nitrogen and oxygen atoms in total. The van der Waals surface area contributed by atoms with Crippen LogP contribution in [-0.2, 0) is 13.0 Å². The monoisotopic (exact) mass is 176 g/mol. The van der Waals surface area contributed by atoms with Gasteiger partial charge in [0.1, 0.15) is 0 Å². The van der Waals surface area contributed by atoms with Crippen molar-refractivity contribution in [1.82, 2.24) is 9.55 Å². The van der Waals surface area contributed by atoms with Crippen LogP contribution < -0.4 is 0 Å². The Kier molecular flexibility index (Phi) is 2.48. The molecule has 0 N–H and O–H groups in total. The molecule has 0 unspecified atom stereocenters.